The van der Waals surface area contributed by atoms with Gasteiger partial charge in [-0.3, -0.25) is 4.98 Å². The Bertz CT molecular complexity index is 481. The van der Waals surface area contributed by atoms with Gasteiger partial charge in [-0.15, -0.1) is 0 Å². The first-order valence-corrected chi connectivity index (χ1v) is 6.74. The zero-order valence-electron chi connectivity index (χ0n) is 12.6. The summed E-state index contributed by atoms with van der Waals surface area (Å²) in [6.45, 7) is 5.01. The van der Waals surface area contributed by atoms with E-state index in [0.717, 1.165) is 12.1 Å². The maximum absolute atomic E-state index is 9.55. The maximum Gasteiger partial charge on any atom is 0.328 e. The topological polar surface area (TPSA) is 134 Å². The summed E-state index contributed by atoms with van der Waals surface area (Å²) in [6.07, 6.45) is 3.47. The summed E-state index contributed by atoms with van der Waals surface area (Å²) in [5.74, 6) is -1.27. The highest BCUT2D eigenvalue weighted by atomic mass is 16.4. The van der Waals surface area contributed by atoms with Crippen LogP contribution in [0.5, 0.6) is 5.75 Å². The summed E-state index contributed by atoms with van der Waals surface area (Å²) in [5.41, 5.74) is 6.67. The van der Waals surface area contributed by atoms with Gasteiger partial charge in [-0.25, -0.2) is 9.59 Å². The zero-order chi connectivity index (χ0) is 17.1. The van der Waals surface area contributed by atoms with Crippen molar-refractivity contribution in [3.05, 3.63) is 36.2 Å². The van der Waals surface area contributed by atoms with Crippen LogP contribution in [-0.2, 0) is 16.0 Å². The van der Waals surface area contributed by atoms with Gasteiger partial charge in [0.05, 0.1) is 6.20 Å². The molecule has 1 aromatic rings. The van der Waals surface area contributed by atoms with E-state index in [4.69, 9.17) is 21.1 Å². The second-order valence-electron chi connectivity index (χ2n) is 4.96. The normalized spacial score (nSPS) is 11.8. The molecule has 1 rings (SSSR count). The predicted molar refractivity (Wildman–Crippen MR) is 81.4 cm³/mol. The average molecular weight is 310 g/mol. The van der Waals surface area contributed by atoms with Crippen molar-refractivity contribution in [3.8, 4) is 5.75 Å². The number of pyridine rings is 1. The van der Waals surface area contributed by atoms with Crippen LogP contribution in [0, 0.1) is 11.8 Å². The Kier molecular flexibility index (Phi) is 9.20. The third-order valence-corrected chi connectivity index (χ3v) is 2.89. The lowest BCUT2D eigenvalue weighted by Gasteiger charge is -2.17. The van der Waals surface area contributed by atoms with Gasteiger partial charge in [0.1, 0.15) is 5.75 Å². The van der Waals surface area contributed by atoms with Crippen molar-refractivity contribution in [3.63, 3.8) is 0 Å². The number of hydrogen-bond acceptors (Lipinski definition) is 5. The summed E-state index contributed by atoms with van der Waals surface area (Å²) in [6, 6.07) is 3.51. The molecule has 0 bridgehead atoms. The standard InChI is InChI=1S/C11H18N2O.C4H4O4/c1-8(2)9(6-12)5-10-3-4-11(14)7-13-10;5-3(6)1-2-4(7)8/h3-4,7-9,14H,5-6,12H2,1-2H3;1-2H,(H,5,6)(H,7,8). The molecule has 7 nitrogen and oxygen atoms in total. The maximum atomic E-state index is 9.55. The molecule has 0 fully saturated rings. The van der Waals surface area contributed by atoms with Crippen molar-refractivity contribution < 1.29 is 24.9 Å². The summed E-state index contributed by atoms with van der Waals surface area (Å²) >= 11 is 0. The largest absolute Gasteiger partial charge is 0.506 e. The molecule has 0 spiro atoms. The minimum absolute atomic E-state index is 0.211. The highest BCUT2D eigenvalue weighted by molar-refractivity contribution is 5.89. The first-order valence-electron chi connectivity index (χ1n) is 6.74. The summed E-state index contributed by atoms with van der Waals surface area (Å²) in [5, 5.41) is 24.7. The Hall–Kier alpha value is -2.41. The minimum Gasteiger partial charge on any atom is -0.506 e. The third kappa shape index (κ3) is 9.49. The Morgan fingerprint density at radius 1 is 1.23 bits per heavy atom. The van der Waals surface area contributed by atoms with Gasteiger partial charge in [-0.2, -0.15) is 0 Å². The minimum atomic E-state index is -1.26. The van der Waals surface area contributed by atoms with E-state index >= 15 is 0 Å². The number of hydrogen-bond donors (Lipinski definition) is 4. The van der Waals surface area contributed by atoms with Crippen molar-refractivity contribution in [2.75, 3.05) is 6.54 Å². The van der Waals surface area contributed by atoms with E-state index in [1.54, 1.807) is 6.07 Å². The number of carboxylic acids is 2. The monoisotopic (exact) mass is 310 g/mol. The SMILES string of the molecule is CC(C)C(CN)Cc1ccc(O)cn1.O=C(O)C=CC(=O)O. The molecule has 1 unspecified atom stereocenters. The number of aliphatic carboxylic acids is 2. The fraction of sp³-hybridized carbons (Fsp3) is 0.400. The average Bonchev–Trinajstić information content (AvgIpc) is 2.45. The van der Waals surface area contributed by atoms with Gasteiger partial charge in [0, 0.05) is 17.8 Å². The highest BCUT2D eigenvalue weighted by Crippen LogP contribution is 2.16. The molecule has 0 aliphatic carbocycles. The van der Waals surface area contributed by atoms with Crippen LogP contribution in [0.4, 0.5) is 0 Å². The molecule has 1 aromatic heterocycles. The van der Waals surface area contributed by atoms with Crippen LogP contribution >= 0.6 is 0 Å². The molecule has 1 atom stereocenters. The number of carboxylic acid groups (broad SMARTS) is 2. The second kappa shape index (κ2) is 10.3. The molecule has 22 heavy (non-hydrogen) atoms. The van der Waals surface area contributed by atoms with Gasteiger partial charge < -0.3 is 21.1 Å². The summed E-state index contributed by atoms with van der Waals surface area (Å²) in [7, 11) is 0. The van der Waals surface area contributed by atoms with Gasteiger partial charge in [0.2, 0.25) is 0 Å². The van der Waals surface area contributed by atoms with Crippen molar-refractivity contribution in [2.45, 2.75) is 20.3 Å². The van der Waals surface area contributed by atoms with Crippen LogP contribution < -0.4 is 5.73 Å². The fourth-order valence-corrected chi connectivity index (χ4v) is 1.54. The molecule has 0 saturated carbocycles. The molecule has 122 valence electrons. The van der Waals surface area contributed by atoms with Crippen molar-refractivity contribution >= 4 is 11.9 Å². The van der Waals surface area contributed by atoms with Crippen molar-refractivity contribution in [1.82, 2.24) is 4.98 Å². The number of aromatic nitrogens is 1. The number of aromatic hydroxyl groups is 1. The lowest BCUT2D eigenvalue weighted by molar-refractivity contribution is -0.134. The molecule has 0 aromatic carbocycles. The van der Waals surface area contributed by atoms with E-state index in [-0.39, 0.29) is 5.75 Å². The van der Waals surface area contributed by atoms with Gasteiger partial charge in [-0.05, 0) is 36.9 Å². The molecule has 5 N–H and O–H groups in total. The van der Waals surface area contributed by atoms with E-state index < -0.39 is 11.9 Å². The molecule has 0 aliphatic rings. The van der Waals surface area contributed by atoms with Gasteiger partial charge in [0.25, 0.3) is 0 Å². The van der Waals surface area contributed by atoms with E-state index in [1.165, 1.54) is 6.20 Å². The highest BCUT2D eigenvalue weighted by Gasteiger charge is 2.12. The quantitative estimate of drug-likeness (QED) is 0.581. The third-order valence-electron chi connectivity index (χ3n) is 2.89. The first kappa shape index (κ1) is 19.6. The van der Waals surface area contributed by atoms with Crippen LogP contribution in [-0.4, -0.2) is 38.8 Å². The smallest absolute Gasteiger partial charge is 0.328 e. The van der Waals surface area contributed by atoms with E-state index in [2.05, 4.69) is 18.8 Å². The van der Waals surface area contributed by atoms with Crippen LogP contribution in [0.2, 0.25) is 0 Å². The Balaban J connectivity index is 0.000000472. The fourth-order valence-electron chi connectivity index (χ4n) is 1.54. The van der Waals surface area contributed by atoms with Crippen LogP contribution in [0.3, 0.4) is 0 Å². The molecule has 7 heteroatoms. The molecular formula is C15H22N2O5. The van der Waals surface area contributed by atoms with Gasteiger partial charge >= 0.3 is 11.9 Å². The number of carbonyl (C=O) groups is 2. The molecule has 1 heterocycles. The van der Waals surface area contributed by atoms with Crippen LogP contribution in [0.1, 0.15) is 19.5 Å². The summed E-state index contributed by atoms with van der Waals surface area (Å²) < 4.78 is 0. The zero-order valence-corrected chi connectivity index (χ0v) is 12.6. The second-order valence-corrected chi connectivity index (χ2v) is 4.96. The molecule has 0 aliphatic heterocycles. The number of nitrogens with zero attached hydrogens (tertiary/aromatic N) is 1. The van der Waals surface area contributed by atoms with Crippen LogP contribution in [0.15, 0.2) is 30.5 Å². The molecule has 0 radical (unpaired) electrons. The predicted octanol–water partition coefficient (Wildman–Crippen LogP) is 1.27. The summed E-state index contributed by atoms with van der Waals surface area (Å²) in [4.78, 5) is 23.3. The molecule has 0 amide bonds. The molecule has 0 saturated heterocycles. The van der Waals surface area contributed by atoms with E-state index in [9.17, 15) is 9.59 Å². The van der Waals surface area contributed by atoms with E-state index in [0.29, 0.717) is 30.5 Å². The Labute approximate surface area is 129 Å². The van der Waals surface area contributed by atoms with Crippen LogP contribution in [0.25, 0.3) is 0 Å². The van der Waals surface area contributed by atoms with Crippen molar-refractivity contribution in [1.29, 1.82) is 0 Å². The van der Waals surface area contributed by atoms with Gasteiger partial charge in [-0.1, -0.05) is 13.8 Å². The number of nitrogens with two attached hydrogens (primary N) is 1. The Morgan fingerprint density at radius 3 is 2.09 bits per heavy atom. The van der Waals surface area contributed by atoms with Crippen molar-refractivity contribution in [2.24, 2.45) is 17.6 Å². The lowest BCUT2D eigenvalue weighted by Crippen LogP contribution is -2.22. The first-order chi connectivity index (χ1) is 10.3. The van der Waals surface area contributed by atoms with Gasteiger partial charge in [0.15, 0.2) is 0 Å². The number of rotatable bonds is 6. The molecular weight excluding hydrogens is 288 g/mol. The van der Waals surface area contributed by atoms with E-state index in [1.807, 2.05) is 6.07 Å². The lowest BCUT2D eigenvalue weighted by atomic mass is 9.91. The Morgan fingerprint density at radius 2 is 1.77 bits per heavy atom.